The first kappa shape index (κ1) is 19.9. The van der Waals surface area contributed by atoms with Crippen molar-refractivity contribution in [3.63, 3.8) is 0 Å². The first-order valence-electron chi connectivity index (χ1n) is 8.93. The number of aromatic amines is 1. The summed E-state index contributed by atoms with van der Waals surface area (Å²) >= 11 is 0. The summed E-state index contributed by atoms with van der Waals surface area (Å²) in [6.45, 7) is 1.47. The molecule has 1 aliphatic rings. The number of aromatic nitrogens is 1. The van der Waals surface area contributed by atoms with Gasteiger partial charge in [0.15, 0.2) is 0 Å². The first-order valence-corrected chi connectivity index (χ1v) is 8.93. The number of carbonyl (C=O) groups excluding carboxylic acids is 1. The number of aliphatic hydroxyl groups is 1. The fourth-order valence-corrected chi connectivity index (χ4v) is 3.33. The first-order chi connectivity index (χ1) is 13.3. The molecule has 0 atom stereocenters. The van der Waals surface area contributed by atoms with Crippen molar-refractivity contribution in [2.75, 3.05) is 7.05 Å². The summed E-state index contributed by atoms with van der Waals surface area (Å²) < 4.78 is 40.9. The zero-order valence-electron chi connectivity index (χ0n) is 15.5. The zero-order chi connectivity index (χ0) is 20.4. The van der Waals surface area contributed by atoms with Crippen molar-refractivity contribution in [2.24, 2.45) is 0 Å². The SMILES string of the molecule is CNC(C)=O.OC1CC(c2c(-c3ccc(F)cc3)[nH]c3c(F)cc(F)cc23)C1. The molecule has 0 radical (unpaired) electrons. The van der Waals surface area contributed by atoms with Gasteiger partial charge < -0.3 is 15.4 Å². The lowest BCUT2D eigenvalue weighted by molar-refractivity contribution is -0.118. The quantitative estimate of drug-likeness (QED) is 0.613. The normalized spacial score (nSPS) is 18.2. The van der Waals surface area contributed by atoms with Crippen LogP contribution < -0.4 is 5.32 Å². The second-order valence-electron chi connectivity index (χ2n) is 6.86. The van der Waals surface area contributed by atoms with Crippen LogP contribution in [0.25, 0.3) is 22.2 Å². The molecule has 0 spiro atoms. The number of rotatable bonds is 2. The largest absolute Gasteiger partial charge is 0.393 e. The van der Waals surface area contributed by atoms with Gasteiger partial charge in [-0.15, -0.1) is 0 Å². The highest BCUT2D eigenvalue weighted by atomic mass is 19.1. The summed E-state index contributed by atoms with van der Waals surface area (Å²) in [5.74, 6) is -1.62. The minimum atomic E-state index is -0.658. The van der Waals surface area contributed by atoms with E-state index in [-0.39, 0.29) is 29.3 Å². The maximum absolute atomic E-state index is 14.1. The van der Waals surface area contributed by atoms with E-state index in [1.54, 1.807) is 19.2 Å². The Morgan fingerprint density at radius 1 is 1.11 bits per heavy atom. The summed E-state index contributed by atoms with van der Waals surface area (Å²) in [4.78, 5) is 12.7. The second kappa shape index (κ2) is 8.06. The summed E-state index contributed by atoms with van der Waals surface area (Å²) in [6.07, 6.45) is 0.725. The minimum Gasteiger partial charge on any atom is -0.393 e. The van der Waals surface area contributed by atoms with Crippen LogP contribution in [0.4, 0.5) is 13.2 Å². The van der Waals surface area contributed by atoms with Crippen molar-refractivity contribution < 1.29 is 23.1 Å². The van der Waals surface area contributed by atoms with Gasteiger partial charge in [-0.2, -0.15) is 0 Å². The minimum absolute atomic E-state index is 0.00463. The van der Waals surface area contributed by atoms with Gasteiger partial charge in [0.1, 0.15) is 17.5 Å². The lowest BCUT2D eigenvalue weighted by Crippen LogP contribution is -2.26. The molecule has 0 saturated heterocycles. The van der Waals surface area contributed by atoms with Gasteiger partial charge in [-0.3, -0.25) is 4.79 Å². The van der Waals surface area contributed by atoms with Crippen LogP contribution in [0.5, 0.6) is 0 Å². The van der Waals surface area contributed by atoms with E-state index in [0.717, 1.165) is 11.6 Å². The molecule has 0 aliphatic heterocycles. The van der Waals surface area contributed by atoms with E-state index >= 15 is 0 Å². The highest BCUT2D eigenvalue weighted by Gasteiger charge is 2.33. The van der Waals surface area contributed by atoms with E-state index in [2.05, 4.69) is 10.3 Å². The van der Waals surface area contributed by atoms with Gasteiger partial charge >= 0.3 is 0 Å². The molecule has 0 unspecified atom stereocenters. The van der Waals surface area contributed by atoms with Crippen LogP contribution in [-0.4, -0.2) is 29.1 Å². The molecule has 3 N–H and O–H groups in total. The average molecular weight is 390 g/mol. The number of halogens is 3. The van der Waals surface area contributed by atoms with E-state index in [9.17, 15) is 23.1 Å². The van der Waals surface area contributed by atoms with Crippen molar-refractivity contribution in [2.45, 2.75) is 31.8 Å². The van der Waals surface area contributed by atoms with E-state index in [0.29, 0.717) is 29.5 Å². The molecule has 1 amide bonds. The highest BCUT2D eigenvalue weighted by molar-refractivity contribution is 5.92. The molecule has 1 fully saturated rings. The lowest BCUT2D eigenvalue weighted by Gasteiger charge is -2.32. The Bertz CT molecular complexity index is 993. The molecule has 7 heteroatoms. The summed E-state index contributed by atoms with van der Waals surface area (Å²) in [5.41, 5.74) is 2.39. The summed E-state index contributed by atoms with van der Waals surface area (Å²) in [7, 11) is 1.60. The number of amides is 1. The Hall–Kier alpha value is -2.80. The number of hydrogen-bond acceptors (Lipinski definition) is 2. The van der Waals surface area contributed by atoms with Crippen molar-refractivity contribution in [3.8, 4) is 11.3 Å². The van der Waals surface area contributed by atoms with Gasteiger partial charge in [0.2, 0.25) is 5.91 Å². The molecule has 1 heterocycles. The molecule has 3 aromatic rings. The molecule has 1 aromatic heterocycles. The monoisotopic (exact) mass is 390 g/mol. The fraction of sp³-hybridized carbons (Fsp3) is 0.286. The smallest absolute Gasteiger partial charge is 0.216 e. The number of H-pyrrole nitrogens is 1. The van der Waals surface area contributed by atoms with Crippen LogP contribution in [0, 0.1) is 17.5 Å². The standard InChI is InChI=1S/C18H14F3NO.C3H7NO/c19-11-3-1-9(2-4-11)17-16(10-5-13(23)6-10)14-7-12(20)8-15(21)18(14)22-17;1-3(5)4-2/h1-4,7-8,10,13,22-23H,5-6H2;1-2H3,(H,4,5). The van der Waals surface area contributed by atoms with Crippen molar-refractivity contribution in [3.05, 3.63) is 59.4 Å². The van der Waals surface area contributed by atoms with Crippen molar-refractivity contribution in [1.29, 1.82) is 0 Å². The van der Waals surface area contributed by atoms with Gasteiger partial charge in [0.05, 0.1) is 17.3 Å². The number of benzene rings is 2. The zero-order valence-corrected chi connectivity index (χ0v) is 15.5. The molecule has 28 heavy (non-hydrogen) atoms. The van der Waals surface area contributed by atoms with Gasteiger partial charge in [0.25, 0.3) is 0 Å². The molecule has 1 aliphatic carbocycles. The second-order valence-corrected chi connectivity index (χ2v) is 6.86. The van der Waals surface area contributed by atoms with Crippen LogP contribution >= 0.6 is 0 Å². The third-order valence-electron chi connectivity index (χ3n) is 4.87. The molecular weight excluding hydrogens is 369 g/mol. The van der Waals surface area contributed by atoms with E-state index in [4.69, 9.17) is 0 Å². The predicted octanol–water partition coefficient (Wildman–Crippen LogP) is 4.24. The number of hydrogen-bond donors (Lipinski definition) is 3. The summed E-state index contributed by atoms with van der Waals surface area (Å²) in [6, 6.07) is 8.02. The van der Waals surface area contributed by atoms with Crippen LogP contribution in [0.1, 0.15) is 31.2 Å². The van der Waals surface area contributed by atoms with Crippen LogP contribution in [0.3, 0.4) is 0 Å². The predicted molar refractivity (Wildman–Crippen MR) is 101 cm³/mol. The van der Waals surface area contributed by atoms with E-state index in [1.807, 2.05) is 0 Å². The molecule has 1 saturated carbocycles. The average Bonchev–Trinajstić information content (AvgIpc) is 2.99. The van der Waals surface area contributed by atoms with Gasteiger partial charge in [-0.25, -0.2) is 13.2 Å². The highest BCUT2D eigenvalue weighted by Crippen LogP contribution is 2.45. The Morgan fingerprint density at radius 3 is 2.25 bits per heavy atom. The maximum Gasteiger partial charge on any atom is 0.216 e. The molecule has 148 valence electrons. The molecule has 2 aromatic carbocycles. The van der Waals surface area contributed by atoms with E-state index < -0.39 is 11.6 Å². The number of nitrogens with one attached hydrogen (secondary N) is 2. The number of carbonyl (C=O) groups is 1. The maximum atomic E-state index is 14.1. The summed E-state index contributed by atoms with van der Waals surface area (Å²) in [5, 5.41) is 12.5. The van der Waals surface area contributed by atoms with Gasteiger partial charge in [-0.05, 0) is 60.2 Å². The van der Waals surface area contributed by atoms with Crippen molar-refractivity contribution in [1.82, 2.24) is 10.3 Å². The van der Waals surface area contributed by atoms with Crippen LogP contribution in [0.2, 0.25) is 0 Å². The Labute approximate surface area is 160 Å². The molecule has 4 rings (SSSR count). The third-order valence-corrected chi connectivity index (χ3v) is 4.87. The van der Waals surface area contributed by atoms with Crippen LogP contribution in [-0.2, 0) is 4.79 Å². The number of aliphatic hydroxyl groups excluding tert-OH is 1. The van der Waals surface area contributed by atoms with Gasteiger partial charge in [-0.1, -0.05) is 0 Å². The Morgan fingerprint density at radius 2 is 1.71 bits per heavy atom. The Kier molecular flexibility index (Phi) is 5.74. The number of fused-ring (bicyclic) bond motifs is 1. The van der Waals surface area contributed by atoms with Crippen molar-refractivity contribution >= 4 is 16.8 Å². The third kappa shape index (κ3) is 4.04. The fourth-order valence-electron chi connectivity index (χ4n) is 3.33. The topological polar surface area (TPSA) is 65.1 Å². The van der Waals surface area contributed by atoms with E-state index in [1.165, 1.54) is 25.1 Å². The lowest BCUT2D eigenvalue weighted by atomic mass is 9.76. The molecule has 4 nitrogen and oxygen atoms in total. The molecular formula is C21H21F3N2O2. The van der Waals surface area contributed by atoms with Crippen LogP contribution in [0.15, 0.2) is 36.4 Å². The molecule has 0 bridgehead atoms. The Balaban J connectivity index is 0.000000403. The van der Waals surface area contributed by atoms with Gasteiger partial charge in [0, 0.05) is 25.4 Å².